The number of carbonyl (C=O) groups is 3. The van der Waals surface area contributed by atoms with Crippen molar-refractivity contribution in [1.82, 2.24) is 10.6 Å². The average molecular weight is 426 g/mol. The standard InChI is InChI=1S/C23H26N2O6/c1-14(24-18(22(27)28)12-11-15-7-3-2-4-8-15)21(26)20-17-10-6-5-9-16(17)13-19(25-20)31-23(29)30/h2-10,14,18-20,24-25H,11-13H2,1H3,(H,27,28)(H,29,30)/t14-,18?,19?,20?/m0/s1. The number of carbonyl (C=O) groups excluding carboxylic acids is 1. The molecule has 1 aliphatic rings. The van der Waals surface area contributed by atoms with Crippen molar-refractivity contribution in [3.05, 3.63) is 71.3 Å². The van der Waals surface area contributed by atoms with Gasteiger partial charge in [0.05, 0.1) is 12.1 Å². The monoisotopic (exact) mass is 426 g/mol. The summed E-state index contributed by atoms with van der Waals surface area (Å²) in [5.41, 5.74) is 2.57. The van der Waals surface area contributed by atoms with Gasteiger partial charge in [-0.05, 0) is 36.5 Å². The van der Waals surface area contributed by atoms with Gasteiger partial charge in [-0.3, -0.25) is 20.2 Å². The SMILES string of the molecule is C[C@H](NC(CCc1ccccc1)C(=O)O)C(=O)C1NC(OC(=O)O)Cc2ccccc21. The summed E-state index contributed by atoms with van der Waals surface area (Å²) in [5.74, 6) is -1.31. The molecule has 31 heavy (non-hydrogen) atoms. The summed E-state index contributed by atoms with van der Waals surface area (Å²) in [4.78, 5) is 35.9. The van der Waals surface area contributed by atoms with Crippen molar-refractivity contribution in [3.8, 4) is 0 Å². The molecule has 8 heteroatoms. The maximum absolute atomic E-state index is 13.2. The van der Waals surface area contributed by atoms with Crippen molar-refractivity contribution in [2.75, 3.05) is 0 Å². The molecule has 0 bridgehead atoms. The van der Waals surface area contributed by atoms with Gasteiger partial charge in [-0.2, -0.15) is 0 Å². The minimum Gasteiger partial charge on any atom is -0.480 e. The van der Waals surface area contributed by atoms with Crippen LogP contribution in [0.3, 0.4) is 0 Å². The minimum absolute atomic E-state index is 0.280. The van der Waals surface area contributed by atoms with Gasteiger partial charge in [0.25, 0.3) is 0 Å². The molecule has 0 saturated heterocycles. The number of hydrogen-bond acceptors (Lipinski definition) is 6. The van der Waals surface area contributed by atoms with Gasteiger partial charge in [-0.15, -0.1) is 0 Å². The predicted octanol–water partition coefficient (Wildman–Crippen LogP) is 2.53. The molecule has 0 spiro atoms. The Morgan fingerprint density at radius 1 is 1.10 bits per heavy atom. The Balaban J connectivity index is 1.70. The number of rotatable bonds is 9. The van der Waals surface area contributed by atoms with E-state index in [1.165, 1.54) is 0 Å². The van der Waals surface area contributed by atoms with Gasteiger partial charge in [-0.1, -0.05) is 54.6 Å². The first-order chi connectivity index (χ1) is 14.8. The van der Waals surface area contributed by atoms with Gasteiger partial charge in [0.2, 0.25) is 0 Å². The maximum atomic E-state index is 13.2. The Labute approximate surface area is 180 Å². The largest absolute Gasteiger partial charge is 0.507 e. The molecular formula is C23H26N2O6. The molecule has 2 aromatic carbocycles. The van der Waals surface area contributed by atoms with E-state index >= 15 is 0 Å². The number of fused-ring (bicyclic) bond motifs is 1. The van der Waals surface area contributed by atoms with E-state index in [0.717, 1.165) is 16.7 Å². The molecule has 0 saturated carbocycles. The van der Waals surface area contributed by atoms with E-state index in [1.54, 1.807) is 19.1 Å². The van der Waals surface area contributed by atoms with E-state index in [1.807, 2.05) is 42.5 Å². The van der Waals surface area contributed by atoms with Crippen LogP contribution in [-0.4, -0.2) is 46.4 Å². The Hall–Kier alpha value is -3.23. The second-order valence-corrected chi connectivity index (χ2v) is 7.58. The fourth-order valence-electron chi connectivity index (χ4n) is 3.84. The Bertz CT molecular complexity index is 933. The Morgan fingerprint density at radius 2 is 1.77 bits per heavy atom. The van der Waals surface area contributed by atoms with Gasteiger partial charge in [0.1, 0.15) is 6.04 Å². The van der Waals surface area contributed by atoms with Crippen molar-refractivity contribution in [2.24, 2.45) is 0 Å². The van der Waals surface area contributed by atoms with Crippen LogP contribution in [0.4, 0.5) is 4.79 Å². The van der Waals surface area contributed by atoms with Crippen molar-refractivity contribution < 1.29 is 29.3 Å². The lowest BCUT2D eigenvalue weighted by Crippen LogP contribution is -2.52. The third kappa shape index (κ3) is 5.90. The summed E-state index contributed by atoms with van der Waals surface area (Å²) >= 11 is 0. The number of aliphatic carboxylic acids is 1. The number of carboxylic acid groups (broad SMARTS) is 2. The topological polar surface area (TPSA) is 125 Å². The molecular weight excluding hydrogens is 400 g/mol. The molecule has 0 aromatic heterocycles. The van der Waals surface area contributed by atoms with Crippen molar-refractivity contribution in [1.29, 1.82) is 0 Å². The van der Waals surface area contributed by atoms with Crippen LogP contribution in [0.25, 0.3) is 0 Å². The highest BCUT2D eigenvalue weighted by atomic mass is 16.7. The molecule has 3 rings (SSSR count). The lowest BCUT2D eigenvalue weighted by Gasteiger charge is -2.33. The number of ether oxygens (including phenoxy) is 1. The van der Waals surface area contributed by atoms with Crippen molar-refractivity contribution >= 4 is 17.9 Å². The quantitative estimate of drug-likeness (QED) is 0.451. The van der Waals surface area contributed by atoms with Crippen LogP contribution in [0.1, 0.15) is 36.1 Å². The number of Topliss-reactive ketones (excluding diaryl/α,β-unsaturated/α-hetero) is 1. The predicted molar refractivity (Wildman–Crippen MR) is 113 cm³/mol. The number of nitrogens with one attached hydrogen (secondary N) is 2. The Morgan fingerprint density at radius 3 is 2.45 bits per heavy atom. The fourth-order valence-corrected chi connectivity index (χ4v) is 3.84. The minimum atomic E-state index is -1.43. The molecule has 0 amide bonds. The summed E-state index contributed by atoms with van der Waals surface area (Å²) in [6.45, 7) is 1.62. The molecule has 4 atom stereocenters. The van der Waals surface area contributed by atoms with Crippen molar-refractivity contribution in [2.45, 2.75) is 50.5 Å². The molecule has 0 fully saturated rings. The molecule has 164 valence electrons. The van der Waals surface area contributed by atoms with Crippen LogP contribution in [0.5, 0.6) is 0 Å². The van der Waals surface area contributed by atoms with Crippen LogP contribution >= 0.6 is 0 Å². The lowest BCUT2D eigenvalue weighted by molar-refractivity contribution is -0.140. The molecule has 1 heterocycles. The third-order valence-electron chi connectivity index (χ3n) is 5.39. The molecule has 8 nitrogen and oxygen atoms in total. The van der Waals surface area contributed by atoms with Crippen LogP contribution in [-0.2, 0) is 27.2 Å². The number of benzene rings is 2. The zero-order chi connectivity index (χ0) is 22.4. The van der Waals surface area contributed by atoms with E-state index < -0.39 is 36.5 Å². The molecule has 1 aliphatic heterocycles. The first-order valence-corrected chi connectivity index (χ1v) is 10.1. The summed E-state index contributed by atoms with van der Waals surface area (Å²) < 4.78 is 4.85. The van der Waals surface area contributed by atoms with Gasteiger partial charge < -0.3 is 14.9 Å². The van der Waals surface area contributed by atoms with Gasteiger partial charge in [0, 0.05) is 6.42 Å². The summed E-state index contributed by atoms with van der Waals surface area (Å²) in [5, 5.41) is 24.4. The van der Waals surface area contributed by atoms with Crippen molar-refractivity contribution in [3.63, 3.8) is 0 Å². The zero-order valence-electron chi connectivity index (χ0n) is 17.2. The van der Waals surface area contributed by atoms with Gasteiger partial charge in [0.15, 0.2) is 12.0 Å². The highest BCUT2D eigenvalue weighted by molar-refractivity contribution is 5.91. The molecule has 0 aliphatic carbocycles. The van der Waals surface area contributed by atoms with E-state index in [-0.39, 0.29) is 5.78 Å². The van der Waals surface area contributed by atoms with E-state index in [9.17, 15) is 19.5 Å². The fraction of sp³-hybridized carbons (Fsp3) is 0.348. The number of aryl methyl sites for hydroxylation is 1. The second kappa shape index (κ2) is 10.2. The molecule has 2 aromatic rings. The number of hydrogen-bond donors (Lipinski definition) is 4. The van der Waals surface area contributed by atoms with Crippen LogP contribution < -0.4 is 10.6 Å². The third-order valence-corrected chi connectivity index (χ3v) is 5.39. The van der Waals surface area contributed by atoms with Gasteiger partial charge >= 0.3 is 12.1 Å². The van der Waals surface area contributed by atoms with Crippen LogP contribution in [0.15, 0.2) is 54.6 Å². The average Bonchev–Trinajstić information content (AvgIpc) is 2.75. The van der Waals surface area contributed by atoms with Crippen LogP contribution in [0, 0.1) is 0 Å². The zero-order valence-corrected chi connectivity index (χ0v) is 17.2. The maximum Gasteiger partial charge on any atom is 0.507 e. The molecule has 3 unspecified atom stereocenters. The highest BCUT2D eigenvalue weighted by Crippen LogP contribution is 2.27. The van der Waals surface area contributed by atoms with E-state index in [2.05, 4.69) is 10.6 Å². The molecule has 0 radical (unpaired) electrons. The first kappa shape index (κ1) is 22.5. The highest BCUT2D eigenvalue weighted by Gasteiger charge is 2.35. The smallest absolute Gasteiger partial charge is 0.480 e. The first-order valence-electron chi connectivity index (χ1n) is 10.1. The number of ketones is 1. The summed E-state index contributed by atoms with van der Waals surface area (Å²) in [6.07, 6.45) is -1.09. The van der Waals surface area contributed by atoms with E-state index in [0.29, 0.717) is 19.3 Å². The normalized spacial score (nSPS) is 19.6. The summed E-state index contributed by atoms with van der Waals surface area (Å²) in [6, 6.07) is 14.3. The summed E-state index contributed by atoms with van der Waals surface area (Å²) in [7, 11) is 0. The Kier molecular flexibility index (Phi) is 7.38. The van der Waals surface area contributed by atoms with E-state index in [4.69, 9.17) is 9.84 Å². The van der Waals surface area contributed by atoms with Crippen LogP contribution in [0.2, 0.25) is 0 Å². The lowest BCUT2D eigenvalue weighted by atomic mass is 9.89. The van der Waals surface area contributed by atoms with Gasteiger partial charge in [-0.25, -0.2) is 4.79 Å². The molecule has 4 N–H and O–H groups in total. The second-order valence-electron chi connectivity index (χ2n) is 7.58. The number of carboxylic acids is 1.